The monoisotopic (exact) mass is 285 g/mol. The van der Waals surface area contributed by atoms with Crippen molar-refractivity contribution in [3.8, 4) is 0 Å². The molecule has 0 unspecified atom stereocenters. The van der Waals surface area contributed by atoms with E-state index in [1.807, 2.05) is 0 Å². The van der Waals surface area contributed by atoms with Crippen molar-refractivity contribution in [2.45, 2.75) is 64.1 Å². The van der Waals surface area contributed by atoms with Crippen LogP contribution in [-0.4, -0.2) is 31.6 Å². The average Bonchev–Trinajstić information content (AvgIpc) is 2.75. The Balaban J connectivity index is 2.70. The number of aliphatic carboxylic acids is 1. The Morgan fingerprint density at radius 3 is 2.63 bits per heavy atom. The number of thioether (sulfide) groups is 1. The van der Waals surface area contributed by atoms with Crippen molar-refractivity contribution in [3.05, 3.63) is 5.82 Å². The summed E-state index contributed by atoms with van der Waals surface area (Å²) in [7, 11) is 0. The Bertz CT molecular complexity index is 405. The number of hydrogen-bond acceptors (Lipinski definition) is 4. The molecule has 0 saturated heterocycles. The standard InChI is InChI=1S/C13H23N3O2S/c1-4-5-6-7-8-16-12(10(2)3)14-15-13(16)19-9-11(17)18/h10H,4-9H2,1-3H3,(H,17,18). The van der Waals surface area contributed by atoms with Gasteiger partial charge in [0.15, 0.2) is 5.16 Å². The van der Waals surface area contributed by atoms with Crippen LogP contribution in [0.1, 0.15) is 58.2 Å². The summed E-state index contributed by atoms with van der Waals surface area (Å²) in [5, 5.41) is 17.8. The summed E-state index contributed by atoms with van der Waals surface area (Å²) in [5.41, 5.74) is 0. The molecule has 0 saturated carbocycles. The molecular formula is C13H23N3O2S. The number of carboxylic acids is 1. The SMILES string of the molecule is CCCCCCn1c(SCC(=O)O)nnc1C(C)C. The summed E-state index contributed by atoms with van der Waals surface area (Å²) in [5.74, 6) is 0.462. The molecule has 1 N–H and O–H groups in total. The normalized spacial score (nSPS) is 11.2. The molecule has 5 nitrogen and oxygen atoms in total. The molecule has 0 atom stereocenters. The highest BCUT2D eigenvalue weighted by molar-refractivity contribution is 7.99. The maximum absolute atomic E-state index is 10.6. The first kappa shape index (κ1) is 16.0. The molecule has 0 fully saturated rings. The Labute approximate surface area is 118 Å². The lowest BCUT2D eigenvalue weighted by molar-refractivity contribution is -0.133. The van der Waals surface area contributed by atoms with E-state index in [4.69, 9.17) is 5.11 Å². The van der Waals surface area contributed by atoms with Gasteiger partial charge in [0, 0.05) is 12.5 Å². The van der Waals surface area contributed by atoms with E-state index in [2.05, 4.69) is 35.5 Å². The van der Waals surface area contributed by atoms with Crippen LogP contribution >= 0.6 is 11.8 Å². The average molecular weight is 285 g/mol. The third-order valence-corrected chi connectivity index (χ3v) is 3.77. The lowest BCUT2D eigenvalue weighted by Gasteiger charge is -2.11. The molecule has 1 aromatic heterocycles. The van der Waals surface area contributed by atoms with Gasteiger partial charge in [-0.05, 0) is 6.42 Å². The lowest BCUT2D eigenvalue weighted by atomic mass is 10.2. The molecular weight excluding hydrogens is 262 g/mol. The molecule has 19 heavy (non-hydrogen) atoms. The van der Waals surface area contributed by atoms with E-state index >= 15 is 0 Å². The predicted octanol–water partition coefficient (Wildman–Crippen LogP) is 3.16. The molecule has 1 aromatic rings. The van der Waals surface area contributed by atoms with Crippen LogP contribution in [0, 0.1) is 0 Å². The third kappa shape index (κ3) is 5.22. The van der Waals surface area contributed by atoms with Crippen LogP contribution in [-0.2, 0) is 11.3 Å². The van der Waals surface area contributed by atoms with Gasteiger partial charge in [-0.2, -0.15) is 0 Å². The molecule has 1 rings (SSSR count). The molecule has 0 aromatic carbocycles. The van der Waals surface area contributed by atoms with Crippen molar-refractivity contribution < 1.29 is 9.90 Å². The van der Waals surface area contributed by atoms with Gasteiger partial charge in [-0.1, -0.05) is 51.8 Å². The van der Waals surface area contributed by atoms with Crippen molar-refractivity contribution in [2.75, 3.05) is 5.75 Å². The zero-order valence-corrected chi connectivity index (χ0v) is 12.7. The van der Waals surface area contributed by atoms with Gasteiger partial charge in [0.25, 0.3) is 0 Å². The number of carboxylic acid groups (broad SMARTS) is 1. The number of aromatic nitrogens is 3. The largest absolute Gasteiger partial charge is 0.481 e. The van der Waals surface area contributed by atoms with Gasteiger partial charge in [0.2, 0.25) is 0 Å². The lowest BCUT2D eigenvalue weighted by Crippen LogP contribution is -2.08. The van der Waals surface area contributed by atoms with E-state index in [1.165, 1.54) is 31.0 Å². The van der Waals surface area contributed by atoms with Crippen molar-refractivity contribution in [3.63, 3.8) is 0 Å². The van der Waals surface area contributed by atoms with Crippen LogP contribution in [0.2, 0.25) is 0 Å². The first-order valence-corrected chi connectivity index (χ1v) is 7.82. The molecule has 0 spiro atoms. The van der Waals surface area contributed by atoms with E-state index in [0.717, 1.165) is 23.9 Å². The zero-order chi connectivity index (χ0) is 14.3. The summed E-state index contributed by atoms with van der Waals surface area (Å²) >= 11 is 1.25. The minimum absolute atomic E-state index is 0.0329. The number of unbranched alkanes of at least 4 members (excludes halogenated alkanes) is 3. The highest BCUT2D eigenvalue weighted by Gasteiger charge is 2.15. The molecule has 0 aliphatic carbocycles. The summed E-state index contributed by atoms with van der Waals surface area (Å²) < 4.78 is 2.08. The highest BCUT2D eigenvalue weighted by Crippen LogP contribution is 2.22. The van der Waals surface area contributed by atoms with Crippen LogP contribution in [0.3, 0.4) is 0 Å². The summed E-state index contributed by atoms with van der Waals surface area (Å²) in [4.78, 5) is 10.6. The van der Waals surface area contributed by atoms with Crippen molar-refractivity contribution >= 4 is 17.7 Å². The summed E-state index contributed by atoms with van der Waals surface area (Å²) in [6.45, 7) is 7.23. The first-order chi connectivity index (χ1) is 9.06. The van der Waals surface area contributed by atoms with Crippen LogP contribution < -0.4 is 0 Å². The number of carbonyl (C=O) groups is 1. The molecule has 6 heteroatoms. The Kier molecular flexibility index (Phi) is 6.91. The van der Waals surface area contributed by atoms with Gasteiger partial charge in [0.05, 0.1) is 5.75 Å². The summed E-state index contributed by atoms with van der Waals surface area (Å²) in [6, 6.07) is 0. The number of hydrogen-bond donors (Lipinski definition) is 1. The van der Waals surface area contributed by atoms with E-state index in [-0.39, 0.29) is 5.75 Å². The van der Waals surface area contributed by atoms with Crippen molar-refractivity contribution in [2.24, 2.45) is 0 Å². The second-order valence-electron chi connectivity index (χ2n) is 4.89. The second-order valence-corrected chi connectivity index (χ2v) is 5.83. The minimum Gasteiger partial charge on any atom is -0.481 e. The Morgan fingerprint density at radius 1 is 1.32 bits per heavy atom. The second kappa shape index (κ2) is 8.19. The van der Waals surface area contributed by atoms with Crippen molar-refractivity contribution in [1.82, 2.24) is 14.8 Å². The smallest absolute Gasteiger partial charge is 0.313 e. The first-order valence-electron chi connectivity index (χ1n) is 6.84. The zero-order valence-electron chi connectivity index (χ0n) is 11.9. The van der Waals surface area contributed by atoms with Crippen LogP contribution in [0.5, 0.6) is 0 Å². The quantitative estimate of drug-likeness (QED) is 0.557. The molecule has 0 radical (unpaired) electrons. The van der Waals surface area contributed by atoms with E-state index in [1.54, 1.807) is 0 Å². The predicted molar refractivity (Wildman–Crippen MR) is 76.6 cm³/mol. The summed E-state index contributed by atoms with van der Waals surface area (Å²) in [6.07, 6.45) is 4.72. The molecule has 0 aliphatic heterocycles. The highest BCUT2D eigenvalue weighted by atomic mass is 32.2. The van der Waals surface area contributed by atoms with E-state index in [9.17, 15) is 4.79 Å². The Hall–Kier alpha value is -1.04. The van der Waals surface area contributed by atoms with Gasteiger partial charge in [-0.3, -0.25) is 4.79 Å². The van der Waals surface area contributed by atoms with Gasteiger partial charge in [-0.15, -0.1) is 10.2 Å². The van der Waals surface area contributed by atoms with E-state index < -0.39 is 5.97 Å². The number of nitrogens with zero attached hydrogens (tertiary/aromatic N) is 3. The van der Waals surface area contributed by atoms with Crippen molar-refractivity contribution in [1.29, 1.82) is 0 Å². The topological polar surface area (TPSA) is 68.0 Å². The van der Waals surface area contributed by atoms with Gasteiger partial charge < -0.3 is 9.67 Å². The maximum atomic E-state index is 10.6. The van der Waals surface area contributed by atoms with Crippen LogP contribution in [0.15, 0.2) is 5.16 Å². The fourth-order valence-electron chi connectivity index (χ4n) is 1.87. The molecule has 108 valence electrons. The van der Waals surface area contributed by atoms with Crippen LogP contribution in [0.25, 0.3) is 0 Å². The van der Waals surface area contributed by atoms with Gasteiger partial charge in [0.1, 0.15) is 5.82 Å². The molecule has 0 amide bonds. The fraction of sp³-hybridized carbons (Fsp3) is 0.769. The van der Waals surface area contributed by atoms with Crippen LogP contribution in [0.4, 0.5) is 0 Å². The minimum atomic E-state index is -0.823. The molecule has 0 aliphatic rings. The number of rotatable bonds is 9. The van der Waals surface area contributed by atoms with Gasteiger partial charge >= 0.3 is 5.97 Å². The molecule has 1 heterocycles. The molecule has 0 bridgehead atoms. The van der Waals surface area contributed by atoms with Gasteiger partial charge in [-0.25, -0.2) is 0 Å². The Morgan fingerprint density at radius 2 is 2.05 bits per heavy atom. The maximum Gasteiger partial charge on any atom is 0.313 e. The third-order valence-electron chi connectivity index (χ3n) is 2.82. The fourth-order valence-corrected chi connectivity index (χ4v) is 2.56. The van der Waals surface area contributed by atoms with E-state index in [0.29, 0.717) is 5.92 Å².